The minimum absolute atomic E-state index is 0.0715. The lowest BCUT2D eigenvalue weighted by molar-refractivity contribution is 0.0888. The number of anilines is 2. The summed E-state index contributed by atoms with van der Waals surface area (Å²) in [5.41, 5.74) is 5.03. The molecule has 2 amide bonds. The van der Waals surface area contributed by atoms with Crippen LogP contribution < -0.4 is 11.1 Å². The normalized spacial score (nSPS) is 15.6. The highest BCUT2D eigenvalue weighted by atomic mass is 19.1. The van der Waals surface area contributed by atoms with E-state index in [1.54, 1.807) is 0 Å². The summed E-state index contributed by atoms with van der Waals surface area (Å²) in [6, 6.07) is 3.30. The second-order valence-electron chi connectivity index (χ2n) is 6.55. The number of rotatable bonds is 5. The summed E-state index contributed by atoms with van der Waals surface area (Å²) >= 11 is 0. The number of amides is 2. The van der Waals surface area contributed by atoms with Crippen molar-refractivity contribution >= 4 is 23.5 Å². The lowest BCUT2D eigenvalue weighted by Crippen LogP contribution is -2.47. The molecule has 2 aromatic heterocycles. The number of nitrogens with one attached hydrogen (secondary N) is 1. The summed E-state index contributed by atoms with van der Waals surface area (Å²) in [4.78, 5) is 28.0. The van der Waals surface area contributed by atoms with Crippen LogP contribution in [0.1, 0.15) is 29.6 Å². The van der Waals surface area contributed by atoms with Gasteiger partial charge in [-0.05, 0) is 12.8 Å². The van der Waals surface area contributed by atoms with Crippen LogP contribution in [-0.2, 0) is 5.54 Å². The minimum Gasteiger partial charge on any atom is -0.465 e. The quantitative estimate of drug-likeness (QED) is 0.705. The number of nitrogens with two attached hydrogens (primary N) is 1. The molecule has 28 heavy (non-hydrogen) atoms. The third-order valence-electron chi connectivity index (χ3n) is 4.81. The van der Waals surface area contributed by atoms with Crippen LogP contribution >= 0.6 is 0 Å². The van der Waals surface area contributed by atoms with Crippen molar-refractivity contribution in [2.45, 2.75) is 24.8 Å². The Balaban J connectivity index is 1.95. The van der Waals surface area contributed by atoms with Gasteiger partial charge in [0.25, 0.3) is 5.91 Å². The van der Waals surface area contributed by atoms with Crippen molar-refractivity contribution in [2.75, 3.05) is 18.4 Å². The zero-order chi connectivity index (χ0) is 20.3. The van der Waals surface area contributed by atoms with E-state index in [4.69, 9.17) is 10.8 Å². The minimum atomic E-state index is -1.02. The SMILES string of the molecule is N#CCC1(n2cc(C(N)=O)c(Nc3cncc(F)c3)n2)CCN(C(=O)O)CC1. The van der Waals surface area contributed by atoms with E-state index in [1.807, 2.05) is 0 Å². The van der Waals surface area contributed by atoms with Crippen molar-refractivity contribution in [1.82, 2.24) is 19.7 Å². The molecule has 0 radical (unpaired) electrons. The van der Waals surface area contributed by atoms with E-state index in [0.29, 0.717) is 12.8 Å². The lowest BCUT2D eigenvalue weighted by atomic mass is 9.85. The highest BCUT2D eigenvalue weighted by molar-refractivity contribution is 5.98. The van der Waals surface area contributed by atoms with Gasteiger partial charge >= 0.3 is 6.09 Å². The number of hydrogen-bond acceptors (Lipinski definition) is 6. The van der Waals surface area contributed by atoms with E-state index < -0.39 is 23.4 Å². The number of carbonyl (C=O) groups excluding carboxylic acids is 1. The Morgan fingerprint density at radius 3 is 2.68 bits per heavy atom. The van der Waals surface area contributed by atoms with Crippen LogP contribution in [0.4, 0.5) is 20.7 Å². The Bertz CT molecular complexity index is 944. The summed E-state index contributed by atoms with van der Waals surface area (Å²) in [6.07, 6.45) is 3.61. The summed E-state index contributed by atoms with van der Waals surface area (Å²) < 4.78 is 14.9. The van der Waals surface area contributed by atoms with E-state index in [-0.39, 0.29) is 36.6 Å². The molecule has 0 unspecified atom stereocenters. The van der Waals surface area contributed by atoms with E-state index >= 15 is 0 Å². The van der Waals surface area contributed by atoms with Crippen molar-refractivity contribution in [3.8, 4) is 6.07 Å². The largest absolute Gasteiger partial charge is 0.465 e. The second kappa shape index (κ2) is 7.51. The summed E-state index contributed by atoms with van der Waals surface area (Å²) in [5.74, 6) is -1.20. The average molecular weight is 387 g/mol. The van der Waals surface area contributed by atoms with Crippen molar-refractivity contribution in [3.63, 3.8) is 0 Å². The van der Waals surface area contributed by atoms with E-state index in [1.165, 1.54) is 28.0 Å². The van der Waals surface area contributed by atoms with E-state index in [9.17, 15) is 19.2 Å². The van der Waals surface area contributed by atoms with Gasteiger partial charge in [0.15, 0.2) is 5.82 Å². The fraction of sp³-hybridized carbons (Fsp3) is 0.353. The third kappa shape index (κ3) is 3.71. The highest BCUT2D eigenvalue weighted by Crippen LogP contribution is 2.35. The number of aromatic nitrogens is 3. The number of hydrogen-bond donors (Lipinski definition) is 3. The van der Waals surface area contributed by atoms with E-state index in [0.717, 1.165) is 6.20 Å². The molecular weight excluding hydrogens is 369 g/mol. The standard InChI is InChI=1S/C17H18FN7O3/c18-11-7-12(9-21-8-11)22-15-13(14(20)26)10-25(23-15)17(1-4-19)2-5-24(6-3-17)16(27)28/h7-10H,1-3,5-6H2,(H2,20,26)(H,22,23)(H,27,28). The first-order chi connectivity index (χ1) is 13.3. The molecule has 1 aliphatic heterocycles. The van der Waals surface area contributed by atoms with Crippen molar-refractivity contribution in [1.29, 1.82) is 5.26 Å². The molecule has 1 aliphatic rings. The Morgan fingerprint density at radius 1 is 1.39 bits per heavy atom. The molecule has 1 saturated heterocycles. The predicted molar refractivity (Wildman–Crippen MR) is 95.3 cm³/mol. The van der Waals surface area contributed by atoms with Crippen molar-refractivity contribution < 1.29 is 19.1 Å². The number of nitrogens with zero attached hydrogens (tertiary/aromatic N) is 5. The number of halogens is 1. The second-order valence-corrected chi connectivity index (χ2v) is 6.55. The monoisotopic (exact) mass is 387 g/mol. The van der Waals surface area contributed by atoms with Gasteiger partial charge in [-0.2, -0.15) is 10.4 Å². The Hall–Kier alpha value is -3.68. The molecule has 1 fully saturated rings. The molecule has 11 heteroatoms. The van der Waals surface area contributed by atoms with Gasteiger partial charge in [0.2, 0.25) is 0 Å². The van der Waals surface area contributed by atoms with Crippen LogP contribution in [0, 0.1) is 17.1 Å². The van der Waals surface area contributed by atoms with Gasteiger partial charge in [0.1, 0.15) is 11.4 Å². The number of primary amides is 1. The molecule has 0 saturated carbocycles. The first-order valence-corrected chi connectivity index (χ1v) is 8.47. The molecule has 2 aromatic rings. The predicted octanol–water partition coefficient (Wildman–Crippen LogP) is 1.64. The van der Waals surface area contributed by atoms with Gasteiger partial charge in [-0.3, -0.25) is 14.5 Å². The smallest absolute Gasteiger partial charge is 0.407 e. The fourth-order valence-corrected chi connectivity index (χ4v) is 3.25. The lowest BCUT2D eigenvalue weighted by Gasteiger charge is -2.39. The highest BCUT2D eigenvalue weighted by Gasteiger charge is 2.39. The first-order valence-electron chi connectivity index (χ1n) is 8.47. The van der Waals surface area contributed by atoms with Crippen molar-refractivity contribution in [3.05, 3.63) is 36.0 Å². The third-order valence-corrected chi connectivity index (χ3v) is 4.81. The number of piperidine rings is 1. The zero-order valence-electron chi connectivity index (χ0n) is 14.8. The Kier molecular flexibility index (Phi) is 5.12. The molecule has 0 atom stereocenters. The Morgan fingerprint density at radius 2 is 2.11 bits per heavy atom. The zero-order valence-corrected chi connectivity index (χ0v) is 14.8. The Labute approximate surface area is 159 Å². The molecule has 10 nitrogen and oxygen atoms in total. The average Bonchev–Trinajstić information content (AvgIpc) is 3.07. The van der Waals surface area contributed by atoms with Gasteiger partial charge in [-0.25, -0.2) is 9.18 Å². The van der Waals surface area contributed by atoms with E-state index in [2.05, 4.69) is 21.5 Å². The molecule has 0 aromatic carbocycles. The maximum Gasteiger partial charge on any atom is 0.407 e. The summed E-state index contributed by atoms with van der Waals surface area (Å²) in [5, 5.41) is 25.6. The van der Waals surface area contributed by atoms with Crippen LogP contribution in [-0.4, -0.2) is 49.9 Å². The summed E-state index contributed by atoms with van der Waals surface area (Å²) in [6.45, 7) is 0.471. The van der Waals surface area contributed by atoms with Crippen LogP contribution in [0.25, 0.3) is 0 Å². The van der Waals surface area contributed by atoms with Crippen LogP contribution in [0.5, 0.6) is 0 Å². The van der Waals surface area contributed by atoms with Crippen molar-refractivity contribution in [2.24, 2.45) is 5.73 Å². The molecule has 146 valence electrons. The number of carboxylic acid groups (broad SMARTS) is 1. The molecule has 0 spiro atoms. The molecule has 0 bridgehead atoms. The molecule has 3 heterocycles. The van der Waals surface area contributed by atoms with Crippen LogP contribution in [0.2, 0.25) is 0 Å². The molecule has 3 rings (SSSR count). The number of nitriles is 1. The topological polar surface area (TPSA) is 150 Å². The van der Waals surface area contributed by atoms with Gasteiger partial charge in [0.05, 0.1) is 36.1 Å². The van der Waals surface area contributed by atoms with Gasteiger partial charge in [-0.1, -0.05) is 0 Å². The first kappa shape index (κ1) is 19.1. The van der Waals surface area contributed by atoms with Gasteiger partial charge in [0, 0.05) is 25.4 Å². The number of carbonyl (C=O) groups is 2. The number of likely N-dealkylation sites (tertiary alicyclic amines) is 1. The maximum atomic E-state index is 13.4. The molecule has 4 N–H and O–H groups in total. The summed E-state index contributed by atoms with van der Waals surface area (Å²) in [7, 11) is 0. The maximum absolute atomic E-state index is 13.4. The van der Waals surface area contributed by atoms with Gasteiger partial charge < -0.3 is 21.1 Å². The molecular formula is C17H18FN7O3. The van der Waals surface area contributed by atoms with Crippen LogP contribution in [0.15, 0.2) is 24.7 Å². The van der Waals surface area contributed by atoms with Gasteiger partial charge in [-0.15, -0.1) is 0 Å². The number of pyridine rings is 1. The fourth-order valence-electron chi connectivity index (χ4n) is 3.25. The molecule has 0 aliphatic carbocycles. The van der Waals surface area contributed by atoms with Crippen LogP contribution in [0.3, 0.4) is 0 Å².